The maximum absolute atomic E-state index is 12.9. The number of carbonyl (C=O) groups is 3. The number of rotatable bonds is 60. The molecule has 0 bridgehead atoms. The summed E-state index contributed by atoms with van der Waals surface area (Å²) in [5.74, 6) is -0.911. The fourth-order valence-electron chi connectivity index (χ4n) is 9.10. The zero-order valence-electron chi connectivity index (χ0n) is 53.2. The lowest BCUT2D eigenvalue weighted by Crippen LogP contribution is -2.30. The van der Waals surface area contributed by atoms with Gasteiger partial charge in [0.05, 0.1) is 0 Å². The maximum atomic E-state index is 12.9. The first-order valence-corrected chi connectivity index (χ1v) is 33.8. The molecule has 0 fully saturated rings. The fraction of sp³-hybridized carbons (Fsp3) is 0.645. The molecule has 0 spiro atoms. The molecule has 0 N–H and O–H groups in total. The summed E-state index contributed by atoms with van der Waals surface area (Å²) in [5, 5.41) is 0. The molecule has 0 aliphatic rings. The predicted molar refractivity (Wildman–Crippen MR) is 357 cm³/mol. The first kappa shape index (κ1) is 77.3. The van der Waals surface area contributed by atoms with Crippen molar-refractivity contribution in [3.05, 3.63) is 146 Å². The second-order valence-electron chi connectivity index (χ2n) is 22.0. The number of hydrogen-bond donors (Lipinski definition) is 0. The van der Waals surface area contributed by atoms with Crippen molar-refractivity contribution in [1.82, 2.24) is 0 Å². The van der Waals surface area contributed by atoms with E-state index in [-0.39, 0.29) is 31.1 Å². The number of hydrogen-bond acceptors (Lipinski definition) is 6. The van der Waals surface area contributed by atoms with Crippen molar-refractivity contribution >= 4 is 17.9 Å². The van der Waals surface area contributed by atoms with Gasteiger partial charge in [0.1, 0.15) is 13.2 Å². The summed E-state index contributed by atoms with van der Waals surface area (Å²) >= 11 is 0. The van der Waals surface area contributed by atoms with E-state index in [1.54, 1.807) is 0 Å². The molecule has 6 heteroatoms. The molecule has 0 aromatic rings. The molecular formula is C76H124O6. The Morgan fingerprint density at radius 2 is 0.476 bits per heavy atom. The highest BCUT2D eigenvalue weighted by Gasteiger charge is 2.19. The van der Waals surface area contributed by atoms with Gasteiger partial charge in [-0.15, -0.1) is 0 Å². The van der Waals surface area contributed by atoms with E-state index >= 15 is 0 Å². The van der Waals surface area contributed by atoms with E-state index in [1.165, 1.54) is 103 Å². The molecule has 1 unspecified atom stereocenters. The average Bonchev–Trinajstić information content (AvgIpc) is 3.48. The van der Waals surface area contributed by atoms with E-state index in [0.717, 1.165) is 154 Å². The van der Waals surface area contributed by atoms with Crippen LogP contribution in [0.1, 0.15) is 297 Å². The molecule has 0 aromatic carbocycles. The third kappa shape index (κ3) is 66.1. The Morgan fingerprint density at radius 3 is 0.744 bits per heavy atom. The molecule has 0 aromatic heterocycles. The molecule has 0 radical (unpaired) electrons. The molecule has 1 atom stereocenters. The quantitative estimate of drug-likeness (QED) is 0.0261. The average molecular weight is 1130 g/mol. The lowest BCUT2D eigenvalue weighted by molar-refractivity contribution is -0.167. The van der Waals surface area contributed by atoms with Crippen molar-refractivity contribution in [2.24, 2.45) is 0 Å². The predicted octanol–water partition coefficient (Wildman–Crippen LogP) is 23.5. The van der Waals surface area contributed by atoms with Gasteiger partial charge in [-0.25, -0.2) is 0 Å². The minimum absolute atomic E-state index is 0.0884. The third-order valence-electron chi connectivity index (χ3n) is 14.1. The molecule has 464 valence electrons. The number of esters is 3. The molecule has 0 amide bonds. The number of unbranched alkanes of at least 4 members (excludes halogenated alkanes) is 25. The SMILES string of the molecule is CC/C=C\C/C=C\C/C=C\C/C=C\C/C=C\C/C=C\C/C=C\CCCCCCCC(=O)OC(COC(=O)CCCCCCCCCC)COC(=O)CCCCCCCCCCCCCCC/C=C\C/C=C\C/C=C\C/C=C\C/C=C\CC. The molecular weight excluding hydrogens is 1010 g/mol. The van der Waals surface area contributed by atoms with Crippen molar-refractivity contribution in [2.75, 3.05) is 13.2 Å². The highest BCUT2D eigenvalue weighted by molar-refractivity contribution is 5.71. The molecule has 0 saturated carbocycles. The van der Waals surface area contributed by atoms with Crippen molar-refractivity contribution in [2.45, 2.75) is 303 Å². The van der Waals surface area contributed by atoms with Crippen molar-refractivity contribution in [3.63, 3.8) is 0 Å². The van der Waals surface area contributed by atoms with Gasteiger partial charge in [0.2, 0.25) is 0 Å². The van der Waals surface area contributed by atoms with Gasteiger partial charge in [-0.3, -0.25) is 14.4 Å². The highest BCUT2D eigenvalue weighted by atomic mass is 16.6. The van der Waals surface area contributed by atoms with Crippen LogP contribution in [0.15, 0.2) is 146 Å². The number of allylic oxidation sites excluding steroid dienone is 24. The van der Waals surface area contributed by atoms with Gasteiger partial charge < -0.3 is 14.2 Å². The summed E-state index contributed by atoms with van der Waals surface area (Å²) in [6.45, 7) is 6.38. The molecule has 6 nitrogen and oxygen atoms in total. The zero-order valence-corrected chi connectivity index (χ0v) is 53.2. The van der Waals surface area contributed by atoms with Gasteiger partial charge in [-0.2, -0.15) is 0 Å². The molecule has 0 rings (SSSR count). The first-order valence-electron chi connectivity index (χ1n) is 33.8. The van der Waals surface area contributed by atoms with Gasteiger partial charge >= 0.3 is 17.9 Å². The van der Waals surface area contributed by atoms with Crippen LogP contribution in [0, 0.1) is 0 Å². The molecule has 82 heavy (non-hydrogen) atoms. The van der Waals surface area contributed by atoms with Crippen LogP contribution in [-0.2, 0) is 28.6 Å². The summed E-state index contributed by atoms with van der Waals surface area (Å²) in [5.41, 5.74) is 0. The summed E-state index contributed by atoms with van der Waals surface area (Å²) in [7, 11) is 0. The van der Waals surface area contributed by atoms with Crippen LogP contribution in [0.4, 0.5) is 0 Å². The Labute approximate surface area is 506 Å². The van der Waals surface area contributed by atoms with Crippen molar-refractivity contribution < 1.29 is 28.6 Å². The van der Waals surface area contributed by atoms with Crippen molar-refractivity contribution in [3.8, 4) is 0 Å². The topological polar surface area (TPSA) is 78.9 Å². The molecule has 0 heterocycles. The van der Waals surface area contributed by atoms with Crippen LogP contribution in [-0.4, -0.2) is 37.2 Å². The second kappa shape index (κ2) is 68.8. The molecule has 0 aliphatic heterocycles. The van der Waals surface area contributed by atoms with Crippen molar-refractivity contribution in [1.29, 1.82) is 0 Å². The van der Waals surface area contributed by atoms with E-state index in [2.05, 4.69) is 167 Å². The lowest BCUT2D eigenvalue weighted by Gasteiger charge is -2.18. The Balaban J connectivity index is 4.22. The first-order chi connectivity index (χ1) is 40.5. The van der Waals surface area contributed by atoms with Gasteiger partial charge in [0, 0.05) is 19.3 Å². The standard InChI is InChI=1S/C76H124O6/c1-4-7-10-13-16-19-21-23-25-27-29-31-33-35-37-38-40-41-43-45-47-49-51-53-55-57-60-63-66-69-75(78)81-72-73(71-80-74(77)68-65-62-59-18-15-12-9-6-3)82-76(79)70-67-64-61-58-56-54-52-50-48-46-44-42-39-36-34-32-30-28-26-24-22-20-17-14-11-8-5-2/h7-8,10-11,16-17,19-20,23-26,29-32,35-37,39,44,46,50,52,73H,4-6,9,12-15,18,21-22,27-28,33-34,38,40-43,45,47-49,51,53-72H2,1-3H3/b10-7-,11-8-,19-16-,20-17-,25-23-,26-24-,31-29-,32-30-,37-35-,39-36-,46-44-,52-50-. The third-order valence-corrected chi connectivity index (χ3v) is 14.1. The Hall–Kier alpha value is -4.71. The summed E-state index contributed by atoms with van der Waals surface area (Å²) in [6.07, 6.45) is 98.8. The van der Waals surface area contributed by atoms with E-state index in [4.69, 9.17) is 14.2 Å². The van der Waals surface area contributed by atoms with Crippen LogP contribution in [0.5, 0.6) is 0 Å². The summed E-state index contributed by atoms with van der Waals surface area (Å²) in [6, 6.07) is 0. The number of ether oxygens (including phenoxy) is 3. The van der Waals surface area contributed by atoms with Crippen LogP contribution < -0.4 is 0 Å². The lowest BCUT2D eigenvalue weighted by atomic mass is 10.0. The van der Waals surface area contributed by atoms with Gasteiger partial charge in [0.25, 0.3) is 0 Å². The highest BCUT2D eigenvalue weighted by Crippen LogP contribution is 2.16. The number of carbonyl (C=O) groups excluding carboxylic acids is 3. The largest absolute Gasteiger partial charge is 0.462 e. The minimum Gasteiger partial charge on any atom is -0.462 e. The van der Waals surface area contributed by atoms with E-state index in [0.29, 0.717) is 19.3 Å². The summed E-state index contributed by atoms with van der Waals surface area (Å²) in [4.78, 5) is 38.2. The van der Waals surface area contributed by atoms with Gasteiger partial charge in [-0.05, 0) is 122 Å². The second-order valence-corrected chi connectivity index (χ2v) is 22.0. The molecule has 0 saturated heterocycles. The Kier molecular flexibility index (Phi) is 64.8. The monoisotopic (exact) mass is 1130 g/mol. The van der Waals surface area contributed by atoms with Crippen LogP contribution in [0.2, 0.25) is 0 Å². The molecule has 0 aliphatic carbocycles. The van der Waals surface area contributed by atoms with Crippen LogP contribution in [0.25, 0.3) is 0 Å². The Morgan fingerprint density at radius 1 is 0.256 bits per heavy atom. The van der Waals surface area contributed by atoms with Crippen LogP contribution >= 0.6 is 0 Å². The normalized spacial score (nSPS) is 13.1. The zero-order chi connectivity index (χ0) is 59.2. The maximum Gasteiger partial charge on any atom is 0.306 e. The van der Waals surface area contributed by atoms with E-state index < -0.39 is 6.10 Å². The Bertz CT molecular complexity index is 1780. The van der Waals surface area contributed by atoms with E-state index in [1.807, 2.05) is 0 Å². The summed E-state index contributed by atoms with van der Waals surface area (Å²) < 4.78 is 16.9. The smallest absolute Gasteiger partial charge is 0.306 e. The minimum atomic E-state index is -0.793. The van der Waals surface area contributed by atoms with Crippen LogP contribution in [0.3, 0.4) is 0 Å². The van der Waals surface area contributed by atoms with Gasteiger partial charge in [-0.1, -0.05) is 301 Å². The van der Waals surface area contributed by atoms with Gasteiger partial charge in [0.15, 0.2) is 6.10 Å². The van der Waals surface area contributed by atoms with E-state index in [9.17, 15) is 14.4 Å². The fourth-order valence-corrected chi connectivity index (χ4v) is 9.10.